The smallest absolute Gasteiger partial charge is 0.183 e. The highest BCUT2D eigenvalue weighted by Crippen LogP contribution is 2.30. The number of nitrogens with zero attached hydrogens (tertiary/aromatic N) is 7. The maximum Gasteiger partial charge on any atom is 0.183 e. The molecule has 6 heterocycles. The second-order valence-corrected chi connectivity index (χ2v) is 7.63. The third-order valence-corrected chi connectivity index (χ3v) is 5.52. The molecule has 1 aliphatic heterocycles. The lowest BCUT2D eigenvalue weighted by Gasteiger charge is -2.11. The van der Waals surface area contributed by atoms with Crippen LogP contribution in [-0.2, 0) is 13.1 Å². The minimum absolute atomic E-state index is 0.328. The molecule has 0 aromatic carbocycles. The number of aromatic nitrogens is 8. The summed E-state index contributed by atoms with van der Waals surface area (Å²) < 4.78 is 15.6. The van der Waals surface area contributed by atoms with E-state index in [9.17, 15) is 4.39 Å². The van der Waals surface area contributed by atoms with E-state index in [2.05, 4.69) is 35.6 Å². The second kappa shape index (κ2) is 7.27. The van der Waals surface area contributed by atoms with Crippen LogP contribution in [0.25, 0.3) is 45.1 Å². The SMILES string of the molecule is Cc1nc(-c2[nH]ncc2-c2ccc3ncc(-c4nc5n(n4)CCNC5)cc3n2)ccc1F. The van der Waals surface area contributed by atoms with Crippen molar-refractivity contribution < 1.29 is 4.39 Å². The van der Waals surface area contributed by atoms with Gasteiger partial charge in [0.1, 0.15) is 11.6 Å². The van der Waals surface area contributed by atoms with E-state index in [4.69, 9.17) is 4.98 Å². The maximum absolute atomic E-state index is 13.7. The van der Waals surface area contributed by atoms with E-state index < -0.39 is 0 Å². The highest BCUT2D eigenvalue weighted by molar-refractivity contribution is 5.84. The molecule has 0 spiro atoms. The number of pyridine rings is 3. The number of fused-ring (bicyclic) bond motifs is 2. The van der Waals surface area contributed by atoms with Crippen LogP contribution in [0, 0.1) is 12.7 Å². The van der Waals surface area contributed by atoms with Crippen LogP contribution < -0.4 is 5.32 Å². The van der Waals surface area contributed by atoms with Crippen molar-refractivity contribution >= 4 is 11.0 Å². The fourth-order valence-electron chi connectivity index (χ4n) is 3.83. The lowest BCUT2D eigenvalue weighted by atomic mass is 10.1. The van der Waals surface area contributed by atoms with Crippen molar-refractivity contribution in [2.75, 3.05) is 6.54 Å². The summed E-state index contributed by atoms with van der Waals surface area (Å²) in [5, 5.41) is 15.0. The molecule has 0 radical (unpaired) electrons. The summed E-state index contributed by atoms with van der Waals surface area (Å²) in [5.74, 6) is 1.21. The summed E-state index contributed by atoms with van der Waals surface area (Å²) in [6.45, 7) is 4.02. The Bertz CT molecular complexity index is 1450. The van der Waals surface area contributed by atoms with Gasteiger partial charge in [-0.3, -0.25) is 10.1 Å². The predicted octanol–water partition coefficient (Wildman–Crippen LogP) is 2.89. The Labute approximate surface area is 181 Å². The molecule has 2 N–H and O–H groups in total. The summed E-state index contributed by atoms with van der Waals surface area (Å²) in [5.41, 5.74) is 5.40. The van der Waals surface area contributed by atoms with E-state index in [1.807, 2.05) is 22.9 Å². The van der Waals surface area contributed by atoms with Gasteiger partial charge < -0.3 is 5.32 Å². The number of rotatable bonds is 3. The topological polar surface area (TPSA) is 110 Å². The molecule has 0 aliphatic carbocycles. The lowest BCUT2D eigenvalue weighted by molar-refractivity contribution is 0.469. The normalized spacial score (nSPS) is 13.4. The first-order chi connectivity index (χ1) is 15.7. The molecular weight excluding hydrogens is 409 g/mol. The molecule has 5 aromatic rings. The standard InChI is InChI=1S/C22H18FN9/c1-12-15(23)2-3-18(27-12)21-14(10-26-30-21)16-4-5-17-19(28-16)8-13(9-25-17)22-29-20-11-24-6-7-32(20)31-22/h2-5,8-10,24H,6-7,11H2,1H3,(H,26,30). The number of hydrogen-bond acceptors (Lipinski definition) is 7. The van der Waals surface area contributed by atoms with Gasteiger partial charge in [-0.25, -0.2) is 24.0 Å². The van der Waals surface area contributed by atoms with Gasteiger partial charge in [0, 0.05) is 23.9 Å². The number of halogens is 1. The van der Waals surface area contributed by atoms with Gasteiger partial charge >= 0.3 is 0 Å². The van der Waals surface area contributed by atoms with Crippen LogP contribution in [0.5, 0.6) is 0 Å². The summed E-state index contributed by atoms with van der Waals surface area (Å²) in [6.07, 6.45) is 3.46. The first-order valence-corrected chi connectivity index (χ1v) is 10.2. The number of hydrogen-bond donors (Lipinski definition) is 2. The average Bonchev–Trinajstić information content (AvgIpc) is 3.47. The van der Waals surface area contributed by atoms with Crippen LogP contribution >= 0.6 is 0 Å². The van der Waals surface area contributed by atoms with Crippen molar-refractivity contribution in [3.63, 3.8) is 0 Å². The van der Waals surface area contributed by atoms with Crippen molar-refractivity contribution in [1.82, 2.24) is 45.2 Å². The van der Waals surface area contributed by atoms with Crippen LogP contribution in [0.4, 0.5) is 4.39 Å². The molecule has 0 atom stereocenters. The third kappa shape index (κ3) is 3.12. The van der Waals surface area contributed by atoms with Crippen LogP contribution in [0.2, 0.25) is 0 Å². The van der Waals surface area contributed by atoms with Crippen LogP contribution in [0.15, 0.2) is 42.7 Å². The maximum atomic E-state index is 13.7. The monoisotopic (exact) mass is 427 g/mol. The number of aromatic amines is 1. The highest BCUT2D eigenvalue weighted by atomic mass is 19.1. The molecule has 5 aromatic heterocycles. The van der Waals surface area contributed by atoms with E-state index in [0.29, 0.717) is 35.1 Å². The average molecular weight is 427 g/mol. The van der Waals surface area contributed by atoms with Gasteiger partial charge in [-0.1, -0.05) is 0 Å². The molecule has 9 nitrogen and oxygen atoms in total. The molecule has 0 saturated carbocycles. The summed E-state index contributed by atoms with van der Waals surface area (Å²) in [7, 11) is 0. The predicted molar refractivity (Wildman–Crippen MR) is 116 cm³/mol. The minimum Gasteiger partial charge on any atom is -0.308 e. The highest BCUT2D eigenvalue weighted by Gasteiger charge is 2.17. The molecule has 158 valence electrons. The quantitative estimate of drug-likeness (QED) is 0.456. The number of nitrogens with one attached hydrogen (secondary N) is 2. The van der Waals surface area contributed by atoms with Crippen LogP contribution in [0.3, 0.4) is 0 Å². The molecule has 0 saturated heterocycles. The van der Waals surface area contributed by atoms with Gasteiger partial charge in [0.15, 0.2) is 5.82 Å². The third-order valence-electron chi connectivity index (χ3n) is 5.52. The lowest BCUT2D eigenvalue weighted by Crippen LogP contribution is -2.28. The molecule has 10 heteroatoms. The Morgan fingerprint density at radius 3 is 2.78 bits per heavy atom. The van der Waals surface area contributed by atoms with E-state index in [1.54, 1.807) is 25.4 Å². The van der Waals surface area contributed by atoms with Crippen LogP contribution in [0.1, 0.15) is 11.5 Å². The zero-order chi connectivity index (χ0) is 21.7. The minimum atomic E-state index is -0.345. The Morgan fingerprint density at radius 2 is 1.91 bits per heavy atom. The Balaban J connectivity index is 1.42. The van der Waals surface area contributed by atoms with Gasteiger partial charge in [0.2, 0.25) is 0 Å². The van der Waals surface area contributed by atoms with Crippen LogP contribution in [-0.4, -0.2) is 46.5 Å². The number of H-pyrrole nitrogens is 1. The van der Waals surface area contributed by atoms with Gasteiger partial charge in [-0.15, -0.1) is 0 Å². The van der Waals surface area contributed by atoms with Gasteiger partial charge in [0.05, 0.1) is 53.1 Å². The largest absolute Gasteiger partial charge is 0.308 e. The summed E-state index contributed by atoms with van der Waals surface area (Å²) in [6, 6.07) is 8.77. The number of aryl methyl sites for hydroxylation is 1. The molecule has 6 rings (SSSR count). The first kappa shape index (κ1) is 18.7. The van der Waals surface area contributed by atoms with Crippen molar-refractivity contribution in [1.29, 1.82) is 0 Å². The van der Waals surface area contributed by atoms with Crippen molar-refractivity contribution in [2.24, 2.45) is 0 Å². The fraction of sp³-hybridized carbons (Fsp3) is 0.182. The van der Waals surface area contributed by atoms with Crippen molar-refractivity contribution in [3.05, 3.63) is 60.1 Å². The molecule has 32 heavy (non-hydrogen) atoms. The van der Waals surface area contributed by atoms with E-state index in [-0.39, 0.29) is 5.82 Å². The zero-order valence-electron chi connectivity index (χ0n) is 17.2. The Morgan fingerprint density at radius 1 is 1.00 bits per heavy atom. The first-order valence-electron chi connectivity index (χ1n) is 10.2. The van der Waals surface area contributed by atoms with E-state index in [1.165, 1.54) is 6.07 Å². The molecular formula is C22H18FN9. The molecule has 0 bridgehead atoms. The van der Waals surface area contributed by atoms with Crippen molar-refractivity contribution in [2.45, 2.75) is 20.0 Å². The second-order valence-electron chi connectivity index (χ2n) is 7.63. The zero-order valence-corrected chi connectivity index (χ0v) is 17.2. The molecule has 0 amide bonds. The van der Waals surface area contributed by atoms with E-state index >= 15 is 0 Å². The van der Waals surface area contributed by atoms with E-state index in [0.717, 1.165) is 41.1 Å². The summed E-state index contributed by atoms with van der Waals surface area (Å²) >= 11 is 0. The van der Waals surface area contributed by atoms with Gasteiger partial charge in [-0.05, 0) is 37.3 Å². The molecule has 0 unspecified atom stereocenters. The summed E-state index contributed by atoms with van der Waals surface area (Å²) in [4.78, 5) is 18.3. The van der Waals surface area contributed by atoms with Gasteiger partial charge in [-0.2, -0.15) is 10.2 Å². The fourth-order valence-corrected chi connectivity index (χ4v) is 3.83. The molecule has 0 fully saturated rings. The van der Waals surface area contributed by atoms with Crippen molar-refractivity contribution in [3.8, 4) is 34.0 Å². The Hall–Kier alpha value is -4.05. The Kier molecular flexibility index (Phi) is 4.25. The van der Waals surface area contributed by atoms with Gasteiger partial charge in [0.25, 0.3) is 0 Å². The molecule has 1 aliphatic rings.